The molecule has 17 heavy (non-hydrogen) atoms. The minimum Gasteiger partial charge on any atom is -0.481 e. The zero-order chi connectivity index (χ0) is 13.1. The number of carbonyl (C=O) groups is 1. The molecule has 0 aromatic carbocycles. The van der Waals surface area contributed by atoms with Gasteiger partial charge in [-0.15, -0.1) is 0 Å². The molecule has 1 atom stereocenters. The lowest BCUT2D eigenvalue weighted by atomic mass is 10.2. The first-order chi connectivity index (χ1) is 8.10. The quantitative estimate of drug-likeness (QED) is 0.360. The number of hydrogen-bond acceptors (Lipinski definition) is 5. The van der Waals surface area contributed by atoms with Crippen molar-refractivity contribution < 1.29 is 25.2 Å². The van der Waals surface area contributed by atoms with E-state index in [4.69, 9.17) is 15.3 Å². The molecule has 6 nitrogen and oxygen atoms in total. The summed E-state index contributed by atoms with van der Waals surface area (Å²) < 4.78 is 0. The number of hydrogen-bond donors (Lipinski definition) is 4. The van der Waals surface area contributed by atoms with Gasteiger partial charge < -0.3 is 20.4 Å². The van der Waals surface area contributed by atoms with E-state index in [2.05, 4.69) is 0 Å². The van der Waals surface area contributed by atoms with Gasteiger partial charge in [-0.05, 0) is 19.4 Å². The van der Waals surface area contributed by atoms with Crippen molar-refractivity contribution in [1.29, 1.82) is 0 Å². The Bertz CT molecular complexity index is 200. The Kier molecular flexibility index (Phi) is 10.0. The third kappa shape index (κ3) is 10.2. The molecular weight excluding hydrogens is 226 g/mol. The predicted octanol–water partition coefficient (Wildman–Crippen LogP) is -0.721. The van der Waals surface area contributed by atoms with E-state index in [0.29, 0.717) is 26.1 Å². The van der Waals surface area contributed by atoms with Gasteiger partial charge in [0.15, 0.2) is 0 Å². The summed E-state index contributed by atoms with van der Waals surface area (Å²) in [5, 5.41) is 35.3. The Balaban J connectivity index is 3.65. The maximum atomic E-state index is 10.3. The monoisotopic (exact) mass is 249 g/mol. The van der Waals surface area contributed by atoms with Crippen LogP contribution >= 0.6 is 0 Å². The molecule has 1 unspecified atom stereocenters. The van der Waals surface area contributed by atoms with Gasteiger partial charge in [-0.2, -0.15) is 0 Å². The summed E-state index contributed by atoms with van der Waals surface area (Å²) in [6.45, 7) is 1.19. The number of carboxylic acids is 1. The van der Waals surface area contributed by atoms with E-state index in [9.17, 15) is 9.90 Å². The predicted molar refractivity (Wildman–Crippen MR) is 62.7 cm³/mol. The van der Waals surface area contributed by atoms with Gasteiger partial charge in [0.2, 0.25) is 0 Å². The lowest BCUT2D eigenvalue weighted by Crippen LogP contribution is -2.36. The van der Waals surface area contributed by atoms with Crippen LogP contribution in [0.1, 0.15) is 25.7 Å². The normalized spacial score (nSPS) is 12.9. The van der Waals surface area contributed by atoms with Crippen LogP contribution in [-0.4, -0.2) is 70.2 Å². The lowest BCUT2D eigenvalue weighted by Gasteiger charge is -2.23. The highest BCUT2D eigenvalue weighted by atomic mass is 16.4. The van der Waals surface area contributed by atoms with Crippen molar-refractivity contribution in [2.45, 2.75) is 31.8 Å². The molecule has 0 saturated carbocycles. The first kappa shape index (κ1) is 16.3. The minimum atomic E-state index is -0.791. The number of carboxylic acid groups (broad SMARTS) is 1. The number of nitrogens with zero attached hydrogens (tertiary/aromatic N) is 1. The van der Waals surface area contributed by atoms with Crippen LogP contribution in [0.25, 0.3) is 0 Å². The van der Waals surface area contributed by atoms with E-state index in [-0.39, 0.29) is 19.6 Å². The largest absolute Gasteiger partial charge is 0.481 e. The summed E-state index contributed by atoms with van der Waals surface area (Å²) in [5.41, 5.74) is 0. The van der Waals surface area contributed by atoms with Crippen LogP contribution in [0.3, 0.4) is 0 Å². The van der Waals surface area contributed by atoms with Crippen molar-refractivity contribution in [3.05, 3.63) is 0 Å². The average Bonchev–Trinajstić information content (AvgIpc) is 2.28. The summed E-state index contributed by atoms with van der Waals surface area (Å²) in [6, 6.07) is 0. The number of aliphatic hydroxyl groups excluding tert-OH is 3. The molecule has 0 rings (SSSR count). The van der Waals surface area contributed by atoms with Crippen molar-refractivity contribution in [1.82, 2.24) is 4.90 Å². The van der Waals surface area contributed by atoms with E-state index in [0.717, 1.165) is 12.8 Å². The Morgan fingerprint density at radius 1 is 1.12 bits per heavy atom. The van der Waals surface area contributed by atoms with Gasteiger partial charge >= 0.3 is 5.97 Å². The Morgan fingerprint density at radius 2 is 1.82 bits per heavy atom. The summed E-state index contributed by atoms with van der Waals surface area (Å²) in [6.07, 6.45) is 1.67. The van der Waals surface area contributed by atoms with Crippen molar-refractivity contribution in [2.24, 2.45) is 0 Å². The average molecular weight is 249 g/mol. The first-order valence-corrected chi connectivity index (χ1v) is 5.94. The van der Waals surface area contributed by atoms with Crippen molar-refractivity contribution in [3.8, 4) is 0 Å². The molecule has 102 valence electrons. The van der Waals surface area contributed by atoms with Gasteiger partial charge in [-0.1, -0.05) is 6.42 Å². The molecule has 0 radical (unpaired) electrons. The summed E-state index contributed by atoms with van der Waals surface area (Å²) in [5.74, 6) is -0.784. The SMILES string of the molecule is O=C(O)CCCCCN(CCO)CC(O)CO. The van der Waals surface area contributed by atoms with Crippen LogP contribution in [0.5, 0.6) is 0 Å². The van der Waals surface area contributed by atoms with Crippen molar-refractivity contribution in [3.63, 3.8) is 0 Å². The van der Waals surface area contributed by atoms with Crippen LogP contribution in [-0.2, 0) is 4.79 Å². The first-order valence-electron chi connectivity index (χ1n) is 5.94. The second kappa shape index (κ2) is 10.5. The molecule has 0 saturated heterocycles. The fourth-order valence-corrected chi connectivity index (χ4v) is 1.58. The van der Waals surface area contributed by atoms with Crippen LogP contribution in [0, 0.1) is 0 Å². The van der Waals surface area contributed by atoms with E-state index in [1.54, 1.807) is 0 Å². The van der Waals surface area contributed by atoms with Crippen molar-refractivity contribution in [2.75, 3.05) is 32.8 Å². The second-order valence-electron chi connectivity index (χ2n) is 4.07. The van der Waals surface area contributed by atoms with Crippen LogP contribution < -0.4 is 0 Å². The molecule has 0 aliphatic heterocycles. The topological polar surface area (TPSA) is 101 Å². The van der Waals surface area contributed by atoms with Gasteiger partial charge in [-0.3, -0.25) is 9.69 Å². The highest BCUT2D eigenvalue weighted by Crippen LogP contribution is 2.02. The molecule has 0 fully saturated rings. The molecule has 0 aromatic heterocycles. The lowest BCUT2D eigenvalue weighted by molar-refractivity contribution is -0.137. The number of aliphatic carboxylic acids is 1. The number of aliphatic hydroxyl groups is 3. The zero-order valence-electron chi connectivity index (χ0n) is 10.1. The molecule has 0 amide bonds. The summed E-state index contributed by atoms with van der Waals surface area (Å²) in [4.78, 5) is 12.1. The maximum Gasteiger partial charge on any atom is 0.303 e. The zero-order valence-corrected chi connectivity index (χ0v) is 10.1. The van der Waals surface area contributed by atoms with Gasteiger partial charge in [0, 0.05) is 19.5 Å². The third-order valence-corrected chi connectivity index (χ3v) is 2.46. The Morgan fingerprint density at radius 3 is 2.35 bits per heavy atom. The van der Waals surface area contributed by atoms with Crippen LogP contribution in [0.4, 0.5) is 0 Å². The maximum absolute atomic E-state index is 10.3. The molecule has 4 N–H and O–H groups in total. The van der Waals surface area contributed by atoms with Crippen molar-refractivity contribution >= 4 is 5.97 Å². The van der Waals surface area contributed by atoms with Gasteiger partial charge in [0.05, 0.1) is 19.3 Å². The van der Waals surface area contributed by atoms with E-state index < -0.39 is 12.1 Å². The second-order valence-corrected chi connectivity index (χ2v) is 4.07. The van der Waals surface area contributed by atoms with E-state index >= 15 is 0 Å². The highest BCUT2D eigenvalue weighted by Gasteiger charge is 2.10. The number of unbranched alkanes of at least 4 members (excludes halogenated alkanes) is 2. The molecule has 0 bridgehead atoms. The smallest absolute Gasteiger partial charge is 0.303 e. The molecule has 0 spiro atoms. The molecule has 0 aliphatic carbocycles. The Labute approximate surface area is 101 Å². The fourth-order valence-electron chi connectivity index (χ4n) is 1.58. The molecule has 0 heterocycles. The number of rotatable bonds is 11. The van der Waals surface area contributed by atoms with Crippen LogP contribution in [0.2, 0.25) is 0 Å². The van der Waals surface area contributed by atoms with E-state index in [1.807, 2.05) is 4.90 Å². The highest BCUT2D eigenvalue weighted by molar-refractivity contribution is 5.66. The molecule has 0 aromatic rings. The molecular formula is C11H23NO5. The minimum absolute atomic E-state index is 0.00722. The van der Waals surface area contributed by atoms with E-state index in [1.165, 1.54) is 0 Å². The van der Waals surface area contributed by atoms with Gasteiger partial charge in [0.1, 0.15) is 0 Å². The standard InChI is InChI=1S/C11H23NO5/c13-7-6-12(8-10(15)9-14)5-3-1-2-4-11(16)17/h10,13-15H,1-9H2,(H,16,17). The third-order valence-electron chi connectivity index (χ3n) is 2.46. The molecule has 6 heteroatoms. The fraction of sp³-hybridized carbons (Fsp3) is 0.909. The van der Waals surface area contributed by atoms with Gasteiger partial charge in [-0.25, -0.2) is 0 Å². The summed E-state index contributed by atoms with van der Waals surface area (Å²) in [7, 11) is 0. The Hall–Kier alpha value is -0.690. The molecule has 0 aliphatic rings. The van der Waals surface area contributed by atoms with Crippen LogP contribution in [0.15, 0.2) is 0 Å². The van der Waals surface area contributed by atoms with Gasteiger partial charge in [0.25, 0.3) is 0 Å². The summed E-state index contributed by atoms with van der Waals surface area (Å²) >= 11 is 0.